The first-order valence-electron chi connectivity index (χ1n) is 8.77. The number of aromatic amines is 1. The molecule has 0 aromatic carbocycles. The first-order valence-corrected chi connectivity index (χ1v) is 10.5. The van der Waals surface area contributed by atoms with E-state index in [4.69, 9.17) is 4.42 Å². The fourth-order valence-electron chi connectivity index (χ4n) is 3.38. The Morgan fingerprint density at radius 3 is 2.96 bits per heavy atom. The number of furan rings is 1. The van der Waals surface area contributed by atoms with Gasteiger partial charge in [-0.3, -0.25) is 9.69 Å². The number of fused-ring (bicyclic) bond motifs is 1. The molecule has 0 amide bonds. The summed E-state index contributed by atoms with van der Waals surface area (Å²) in [6, 6.07) is 12.2. The van der Waals surface area contributed by atoms with Crippen molar-refractivity contribution >= 4 is 22.7 Å². The van der Waals surface area contributed by atoms with Gasteiger partial charge in [0, 0.05) is 40.7 Å². The molecule has 136 valence electrons. The van der Waals surface area contributed by atoms with Gasteiger partial charge in [0.15, 0.2) is 11.6 Å². The molecule has 27 heavy (non-hydrogen) atoms. The van der Waals surface area contributed by atoms with Crippen LogP contribution in [0.3, 0.4) is 0 Å². The summed E-state index contributed by atoms with van der Waals surface area (Å²) in [6.07, 6.45) is 2.36. The summed E-state index contributed by atoms with van der Waals surface area (Å²) in [5, 5.41) is 2.10. The molecular formula is C20H17N3O2S2. The molecule has 0 radical (unpaired) electrons. The van der Waals surface area contributed by atoms with Crippen LogP contribution in [0.25, 0.3) is 21.3 Å². The summed E-state index contributed by atoms with van der Waals surface area (Å²) in [7, 11) is 0. The van der Waals surface area contributed by atoms with Gasteiger partial charge in [-0.2, -0.15) is 0 Å². The Balaban J connectivity index is 1.35. The van der Waals surface area contributed by atoms with E-state index in [-0.39, 0.29) is 5.56 Å². The second-order valence-electron chi connectivity index (χ2n) is 6.52. The topological polar surface area (TPSA) is 62.1 Å². The molecule has 0 saturated carbocycles. The average Bonchev–Trinajstić information content (AvgIpc) is 3.44. The largest absolute Gasteiger partial charge is 0.461 e. The normalized spacial score (nSPS) is 14.4. The molecule has 5 rings (SSSR count). The minimum Gasteiger partial charge on any atom is -0.461 e. The van der Waals surface area contributed by atoms with E-state index in [9.17, 15) is 4.79 Å². The van der Waals surface area contributed by atoms with Crippen molar-refractivity contribution in [3.05, 3.63) is 74.5 Å². The monoisotopic (exact) mass is 395 g/mol. The Bertz CT molecular complexity index is 1110. The second-order valence-corrected chi connectivity index (χ2v) is 8.64. The molecule has 5 heterocycles. The number of thiophene rings is 2. The highest BCUT2D eigenvalue weighted by molar-refractivity contribution is 7.21. The number of rotatable bonds is 4. The van der Waals surface area contributed by atoms with Gasteiger partial charge in [-0.15, -0.1) is 22.7 Å². The third-order valence-corrected chi connectivity index (χ3v) is 6.84. The van der Waals surface area contributed by atoms with Crippen LogP contribution in [0.2, 0.25) is 0 Å². The first-order chi connectivity index (χ1) is 13.3. The van der Waals surface area contributed by atoms with Crippen molar-refractivity contribution < 1.29 is 4.42 Å². The average molecular weight is 396 g/mol. The summed E-state index contributed by atoms with van der Waals surface area (Å²) in [5.41, 5.74) is 1.58. The van der Waals surface area contributed by atoms with Crippen molar-refractivity contribution in [2.24, 2.45) is 0 Å². The van der Waals surface area contributed by atoms with E-state index in [1.54, 1.807) is 23.7 Å². The van der Waals surface area contributed by atoms with Crippen LogP contribution in [0.15, 0.2) is 57.3 Å². The number of hydrogen-bond donors (Lipinski definition) is 1. The van der Waals surface area contributed by atoms with Gasteiger partial charge < -0.3 is 9.40 Å². The molecule has 7 heteroatoms. The Morgan fingerprint density at radius 2 is 2.15 bits per heavy atom. The van der Waals surface area contributed by atoms with Crippen molar-refractivity contribution in [1.82, 2.24) is 14.9 Å². The van der Waals surface area contributed by atoms with Crippen molar-refractivity contribution in [1.29, 1.82) is 0 Å². The lowest BCUT2D eigenvalue weighted by atomic mass is 10.1. The second kappa shape index (κ2) is 6.92. The molecular weight excluding hydrogens is 378 g/mol. The maximum absolute atomic E-state index is 12.6. The maximum atomic E-state index is 12.6. The molecule has 1 aliphatic heterocycles. The van der Waals surface area contributed by atoms with E-state index in [0.717, 1.165) is 30.8 Å². The van der Waals surface area contributed by atoms with E-state index in [1.165, 1.54) is 14.6 Å². The third-order valence-electron chi connectivity index (χ3n) is 4.71. The van der Waals surface area contributed by atoms with Crippen molar-refractivity contribution in [3.63, 3.8) is 0 Å². The minimum absolute atomic E-state index is 0.0680. The van der Waals surface area contributed by atoms with E-state index in [2.05, 4.69) is 44.5 Å². The molecule has 1 N–H and O–H groups in total. The summed E-state index contributed by atoms with van der Waals surface area (Å²) in [5.74, 6) is 1.10. The van der Waals surface area contributed by atoms with Crippen LogP contribution in [0.4, 0.5) is 0 Å². The molecule has 5 nitrogen and oxygen atoms in total. The minimum atomic E-state index is -0.0680. The molecule has 1 aliphatic rings. The zero-order chi connectivity index (χ0) is 18.2. The van der Waals surface area contributed by atoms with Crippen LogP contribution >= 0.6 is 22.7 Å². The summed E-state index contributed by atoms with van der Waals surface area (Å²) in [4.78, 5) is 26.3. The predicted molar refractivity (Wildman–Crippen MR) is 108 cm³/mol. The Labute approximate surface area is 163 Å². The summed E-state index contributed by atoms with van der Waals surface area (Å²) >= 11 is 3.59. The van der Waals surface area contributed by atoms with E-state index >= 15 is 0 Å². The van der Waals surface area contributed by atoms with Gasteiger partial charge in [-0.1, -0.05) is 6.07 Å². The number of H-pyrrole nitrogens is 1. The first kappa shape index (κ1) is 16.7. The van der Waals surface area contributed by atoms with Crippen LogP contribution in [0.1, 0.15) is 16.1 Å². The van der Waals surface area contributed by atoms with Gasteiger partial charge in [-0.05, 0) is 35.7 Å². The quantitative estimate of drug-likeness (QED) is 0.557. The lowest BCUT2D eigenvalue weighted by molar-refractivity contribution is 0.244. The van der Waals surface area contributed by atoms with Gasteiger partial charge in [0.2, 0.25) is 0 Å². The highest BCUT2D eigenvalue weighted by atomic mass is 32.1. The highest BCUT2D eigenvalue weighted by Gasteiger charge is 2.22. The van der Waals surface area contributed by atoms with E-state index < -0.39 is 0 Å². The summed E-state index contributed by atoms with van der Waals surface area (Å²) in [6.45, 7) is 2.38. The van der Waals surface area contributed by atoms with Crippen molar-refractivity contribution in [2.45, 2.75) is 19.5 Å². The summed E-state index contributed by atoms with van der Waals surface area (Å²) < 4.78 is 5.36. The fraction of sp³-hybridized carbons (Fsp3) is 0.200. The number of aromatic nitrogens is 2. The van der Waals surface area contributed by atoms with Crippen molar-refractivity contribution in [2.75, 3.05) is 6.54 Å². The maximum Gasteiger partial charge on any atom is 0.256 e. The van der Waals surface area contributed by atoms with Gasteiger partial charge in [-0.25, -0.2) is 4.98 Å². The van der Waals surface area contributed by atoms with E-state index in [0.29, 0.717) is 18.1 Å². The van der Waals surface area contributed by atoms with Crippen LogP contribution in [0.5, 0.6) is 0 Å². The SMILES string of the molecule is O=c1[nH]c(-c2ccco2)nc2c1CN(Cc1ccc(-c3cccs3)s1)CC2. The highest BCUT2D eigenvalue weighted by Crippen LogP contribution is 2.32. The van der Waals surface area contributed by atoms with E-state index in [1.807, 2.05) is 17.4 Å². The molecule has 0 unspecified atom stereocenters. The Hall–Kier alpha value is -2.48. The van der Waals surface area contributed by atoms with Crippen LogP contribution in [-0.4, -0.2) is 21.4 Å². The fourth-order valence-corrected chi connectivity index (χ4v) is 5.27. The lowest BCUT2D eigenvalue weighted by Gasteiger charge is -2.27. The molecule has 4 aromatic rings. The lowest BCUT2D eigenvalue weighted by Crippen LogP contribution is -2.35. The standard InChI is InChI=1S/C20H17N3O2S2/c24-20-14-12-23(11-13-5-6-18(27-13)17-4-2-10-26-17)8-7-15(14)21-19(22-20)16-3-1-9-25-16/h1-6,9-10H,7-8,11-12H2,(H,21,22,24). The molecule has 0 aliphatic carbocycles. The molecule has 0 bridgehead atoms. The smallest absolute Gasteiger partial charge is 0.256 e. The van der Waals surface area contributed by atoms with Crippen LogP contribution < -0.4 is 5.56 Å². The van der Waals surface area contributed by atoms with Gasteiger partial charge in [0.1, 0.15) is 0 Å². The van der Waals surface area contributed by atoms with Gasteiger partial charge in [0.25, 0.3) is 5.56 Å². The zero-order valence-electron chi connectivity index (χ0n) is 14.5. The Morgan fingerprint density at radius 1 is 1.19 bits per heavy atom. The zero-order valence-corrected chi connectivity index (χ0v) is 16.1. The third kappa shape index (κ3) is 3.29. The molecule has 0 fully saturated rings. The number of hydrogen-bond acceptors (Lipinski definition) is 6. The molecule has 0 saturated heterocycles. The number of nitrogens with one attached hydrogen (secondary N) is 1. The Kier molecular flexibility index (Phi) is 4.27. The van der Waals surface area contributed by atoms with Gasteiger partial charge >= 0.3 is 0 Å². The predicted octanol–water partition coefficient (Wildman–Crippen LogP) is 4.38. The van der Waals surface area contributed by atoms with Crippen LogP contribution in [-0.2, 0) is 19.5 Å². The molecule has 0 spiro atoms. The van der Waals surface area contributed by atoms with Crippen LogP contribution in [0, 0.1) is 0 Å². The number of nitrogens with zero attached hydrogens (tertiary/aromatic N) is 2. The van der Waals surface area contributed by atoms with Crippen molar-refractivity contribution in [3.8, 4) is 21.3 Å². The molecule has 4 aromatic heterocycles. The molecule has 0 atom stereocenters. The van der Waals surface area contributed by atoms with Gasteiger partial charge in [0.05, 0.1) is 17.5 Å².